The van der Waals surface area contributed by atoms with Gasteiger partial charge in [-0.3, -0.25) is 9.88 Å². The Morgan fingerprint density at radius 3 is 2.46 bits per heavy atom. The van der Waals surface area contributed by atoms with E-state index in [9.17, 15) is 0 Å². The average molecular weight is 375 g/mol. The van der Waals surface area contributed by atoms with Crippen molar-refractivity contribution in [3.05, 3.63) is 55.1 Å². The fraction of sp³-hybridized carbons (Fsp3) is 0.333. The van der Waals surface area contributed by atoms with Gasteiger partial charge in [0.15, 0.2) is 0 Å². The fourth-order valence-corrected chi connectivity index (χ4v) is 3.34. The molecule has 3 aromatic rings. The van der Waals surface area contributed by atoms with Gasteiger partial charge in [-0.1, -0.05) is 0 Å². The average Bonchev–Trinajstić information content (AvgIpc) is 2.75. The summed E-state index contributed by atoms with van der Waals surface area (Å²) in [7, 11) is 0. The highest BCUT2D eigenvalue weighted by atomic mass is 15.3. The molecular formula is C21H25N7. The van der Waals surface area contributed by atoms with Crippen LogP contribution in [0, 0.1) is 0 Å². The summed E-state index contributed by atoms with van der Waals surface area (Å²) in [4.78, 5) is 22.5. The van der Waals surface area contributed by atoms with E-state index in [2.05, 4.69) is 55.0 Å². The first-order valence-corrected chi connectivity index (χ1v) is 9.64. The van der Waals surface area contributed by atoms with Crippen LogP contribution in [0.15, 0.2) is 55.1 Å². The maximum Gasteiger partial charge on any atom is 0.227 e. The van der Waals surface area contributed by atoms with Crippen LogP contribution < -0.4 is 10.2 Å². The third-order valence-corrected chi connectivity index (χ3v) is 4.99. The van der Waals surface area contributed by atoms with Crippen molar-refractivity contribution in [1.82, 2.24) is 24.8 Å². The quantitative estimate of drug-likeness (QED) is 0.734. The van der Waals surface area contributed by atoms with Crippen molar-refractivity contribution in [2.45, 2.75) is 19.9 Å². The van der Waals surface area contributed by atoms with Gasteiger partial charge < -0.3 is 10.2 Å². The van der Waals surface area contributed by atoms with E-state index in [0.29, 0.717) is 12.0 Å². The van der Waals surface area contributed by atoms with E-state index in [1.807, 2.05) is 30.5 Å². The number of hydrogen-bond donors (Lipinski definition) is 1. The molecule has 1 N–H and O–H groups in total. The molecule has 0 amide bonds. The van der Waals surface area contributed by atoms with Gasteiger partial charge in [-0.2, -0.15) is 0 Å². The van der Waals surface area contributed by atoms with E-state index in [4.69, 9.17) is 0 Å². The number of piperazine rings is 1. The number of nitrogens with one attached hydrogen (secondary N) is 1. The van der Waals surface area contributed by atoms with Crippen molar-refractivity contribution >= 4 is 17.5 Å². The number of aromatic nitrogens is 4. The van der Waals surface area contributed by atoms with Gasteiger partial charge in [0.2, 0.25) is 5.95 Å². The van der Waals surface area contributed by atoms with Gasteiger partial charge in [0.25, 0.3) is 0 Å². The summed E-state index contributed by atoms with van der Waals surface area (Å²) in [5.74, 6) is 1.56. The molecule has 0 saturated carbocycles. The van der Waals surface area contributed by atoms with Crippen LogP contribution in [0.2, 0.25) is 0 Å². The molecule has 1 aliphatic heterocycles. The molecule has 1 aliphatic rings. The van der Waals surface area contributed by atoms with E-state index in [0.717, 1.165) is 48.9 Å². The van der Waals surface area contributed by atoms with Crippen LogP contribution in [0.5, 0.6) is 0 Å². The zero-order valence-corrected chi connectivity index (χ0v) is 16.3. The van der Waals surface area contributed by atoms with Gasteiger partial charge in [0.1, 0.15) is 5.82 Å². The van der Waals surface area contributed by atoms with Crippen LogP contribution >= 0.6 is 0 Å². The summed E-state index contributed by atoms with van der Waals surface area (Å²) in [5.41, 5.74) is 2.66. The van der Waals surface area contributed by atoms with Gasteiger partial charge >= 0.3 is 0 Å². The zero-order valence-electron chi connectivity index (χ0n) is 16.3. The second-order valence-corrected chi connectivity index (χ2v) is 7.15. The lowest BCUT2D eigenvalue weighted by atomic mass is 10.2. The van der Waals surface area contributed by atoms with Gasteiger partial charge in [-0.15, -0.1) is 0 Å². The Bertz CT molecular complexity index is 888. The van der Waals surface area contributed by atoms with E-state index < -0.39 is 0 Å². The number of nitrogens with zero attached hydrogens (tertiary/aromatic N) is 6. The summed E-state index contributed by atoms with van der Waals surface area (Å²) in [5, 5.41) is 3.23. The van der Waals surface area contributed by atoms with E-state index in [-0.39, 0.29) is 0 Å². The molecule has 0 spiro atoms. The summed E-state index contributed by atoms with van der Waals surface area (Å²) >= 11 is 0. The predicted molar refractivity (Wildman–Crippen MR) is 112 cm³/mol. The highest BCUT2D eigenvalue weighted by Gasteiger charge is 2.19. The highest BCUT2D eigenvalue weighted by molar-refractivity contribution is 5.61. The van der Waals surface area contributed by atoms with E-state index in [1.54, 1.807) is 18.6 Å². The van der Waals surface area contributed by atoms with Crippen molar-refractivity contribution in [1.29, 1.82) is 0 Å². The molecule has 3 aromatic heterocycles. The van der Waals surface area contributed by atoms with Crippen LogP contribution in [0.3, 0.4) is 0 Å². The predicted octanol–water partition coefficient (Wildman–Crippen LogP) is 3.21. The molecule has 1 fully saturated rings. The van der Waals surface area contributed by atoms with Gasteiger partial charge in [0.05, 0.1) is 17.6 Å². The summed E-state index contributed by atoms with van der Waals surface area (Å²) in [6, 6.07) is 10.4. The molecule has 0 aliphatic carbocycles. The normalized spacial score (nSPS) is 15.0. The molecule has 7 heteroatoms. The molecule has 4 rings (SSSR count). The molecule has 28 heavy (non-hydrogen) atoms. The lowest BCUT2D eigenvalue weighted by Gasteiger charge is -2.37. The Labute approximate surface area is 165 Å². The van der Waals surface area contributed by atoms with Crippen molar-refractivity contribution in [2.75, 3.05) is 36.4 Å². The first-order chi connectivity index (χ1) is 13.7. The summed E-state index contributed by atoms with van der Waals surface area (Å²) in [6.45, 7) is 8.67. The van der Waals surface area contributed by atoms with Crippen LogP contribution in [0.25, 0.3) is 11.3 Å². The number of anilines is 3. The number of pyridine rings is 2. The molecule has 0 unspecified atom stereocenters. The van der Waals surface area contributed by atoms with Crippen molar-refractivity contribution in [2.24, 2.45) is 0 Å². The maximum absolute atomic E-state index is 4.63. The summed E-state index contributed by atoms with van der Waals surface area (Å²) in [6.07, 6.45) is 7.12. The van der Waals surface area contributed by atoms with Crippen LogP contribution in [0.1, 0.15) is 13.8 Å². The highest BCUT2D eigenvalue weighted by Crippen LogP contribution is 2.20. The molecule has 4 heterocycles. The molecule has 0 radical (unpaired) electrons. The monoisotopic (exact) mass is 375 g/mol. The van der Waals surface area contributed by atoms with Gasteiger partial charge in [0, 0.05) is 56.4 Å². The largest absolute Gasteiger partial charge is 0.354 e. The first-order valence-electron chi connectivity index (χ1n) is 9.64. The first kappa shape index (κ1) is 18.3. The van der Waals surface area contributed by atoms with Crippen molar-refractivity contribution in [3.63, 3.8) is 0 Å². The van der Waals surface area contributed by atoms with Crippen molar-refractivity contribution < 1.29 is 0 Å². The molecule has 0 atom stereocenters. The Morgan fingerprint density at radius 2 is 1.79 bits per heavy atom. The minimum atomic E-state index is 0.543. The number of hydrogen-bond acceptors (Lipinski definition) is 7. The Balaban J connectivity index is 1.41. The zero-order chi connectivity index (χ0) is 19.3. The SMILES string of the molecule is CC(C)N1CCN(c2ccc(Nc3nccc(-c4cccnc4)n3)cn2)CC1. The molecule has 0 bridgehead atoms. The van der Waals surface area contributed by atoms with E-state index in [1.165, 1.54) is 0 Å². The number of rotatable bonds is 5. The van der Waals surface area contributed by atoms with Crippen LogP contribution in [-0.4, -0.2) is 57.1 Å². The molecule has 7 nitrogen and oxygen atoms in total. The Hall–Kier alpha value is -3.06. The third-order valence-electron chi connectivity index (χ3n) is 4.99. The topological polar surface area (TPSA) is 70.1 Å². The maximum atomic E-state index is 4.63. The fourth-order valence-electron chi connectivity index (χ4n) is 3.34. The second kappa shape index (κ2) is 8.31. The minimum absolute atomic E-state index is 0.543. The van der Waals surface area contributed by atoms with E-state index >= 15 is 0 Å². The van der Waals surface area contributed by atoms with Crippen LogP contribution in [-0.2, 0) is 0 Å². The Kier molecular flexibility index (Phi) is 5.43. The Morgan fingerprint density at radius 1 is 0.929 bits per heavy atom. The minimum Gasteiger partial charge on any atom is -0.354 e. The van der Waals surface area contributed by atoms with Gasteiger partial charge in [-0.25, -0.2) is 15.0 Å². The van der Waals surface area contributed by atoms with Gasteiger partial charge in [-0.05, 0) is 44.2 Å². The molecular weight excluding hydrogens is 350 g/mol. The second-order valence-electron chi connectivity index (χ2n) is 7.15. The third kappa shape index (κ3) is 4.26. The lowest BCUT2D eigenvalue weighted by molar-refractivity contribution is 0.209. The standard InChI is InChI=1S/C21H25N7/c1-16(2)27-10-12-28(13-11-27)20-6-5-18(15-24-20)25-21-23-9-7-19(26-21)17-4-3-8-22-14-17/h3-9,14-16H,10-13H2,1-2H3,(H,23,25,26). The lowest BCUT2D eigenvalue weighted by Crippen LogP contribution is -2.49. The molecule has 144 valence electrons. The summed E-state index contributed by atoms with van der Waals surface area (Å²) < 4.78 is 0. The molecule has 1 saturated heterocycles. The molecule has 0 aromatic carbocycles. The van der Waals surface area contributed by atoms with Crippen molar-refractivity contribution in [3.8, 4) is 11.3 Å². The smallest absolute Gasteiger partial charge is 0.227 e. The van der Waals surface area contributed by atoms with Crippen LogP contribution in [0.4, 0.5) is 17.5 Å².